The molecule has 0 saturated heterocycles. The van der Waals surface area contributed by atoms with E-state index in [1.807, 2.05) is 24.3 Å². The van der Waals surface area contributed by atoms with Crippen molar-refractivity contribution < 1.29 is 9.53 Å². The van der Waals surface area contributed by atoms with Gasteiger partial charge in [-0.1, -0.05) is 12.1 Å². The van der Waals surface area contributed by atoms with Gasteiger partial charge in [-0.05, 0) is 62.4 Å². The molecule has 1 heterocycles. The average molecular weight is 390 g/mol. The molecule has 7 heteroatoms. The lowest BCUT2D eigenvalue weighted by molar-refractivity contribution is -0.126. The molecule has 1 fully saturated rings. The van der Waals surface area contributed by atoms with Crippen molar-refractivity contribution in [3.63, 3.8) is 0 Å². The molecule has 1 aliphatic carbocycles. The highest BCUT2D eigenvalue weighted by Gasteiger charge is 2.26. The predicted octanol–water partition coefficient (Wildman–Crippen LogP) is 3.02. The third-order valence-corrected chi connectivity index (χ3v) is 5.69. The molecule has 0 radical (unpaired) electrons. The smallest absolute Gasteiger partial charge is 0.262 e. The van der Waals surface area contributed by atoms with Crippen molar-refractivity contribution in [3.8, 4) is 0 Å². The zero-order chi connectivity index (χ0) is 19.2. The molecule has 2 aromatic rings. The van der Waals surface area contributed by atoms with Crippen molar-refractivity contribution in [3.05, 3.63) is 39.4 Å². The summed E-state index contributed by atoms with van der Waals surface area (Å²) < 4.78 is 7.14. The van der Waals surface area contributed by atoms with E-state index in [2.05, 4.69) is 10.3 Å². The molecule has 0 unspecified atom stereocenters. The van der Waals surface area contributed by atoms with E-state index in [4.69, 9.17) is 17.0 Å². The van der Waals surface area contributed by atoms with Gasteiger partial charge in [0.05, 0.1) is 10.9 Å². The maximum atomic E-state index is 12.8. The first-order valence-electron chi connectivity index (χ1n) is 9.58. The Balaban J connectivity index is 1.58. The quantitative estimate of drug-likeness (QED) is 0.564. The molecule has 1 aromatic heterocycles. The standard InChI is InChI=1S/C20H27N3O3S/c1-26-12-4-11-21-18(24)15-9-7-14(8-10-15)13-23-19(25)16-5-2-3-6-17(16)22-20(23)27/h2-3,5-6,14-15H,4,7-13H2,1H3,(H,21,24)(H,22,27). The minimum absolute atomic E-state index is 0.0349. The first-order chi connectivity index (χ1) is 13.1. The van der Waals surface area contributed by atoms with Gasteiger partial charge in [-0.15, -0.1) is 0 Å². The van der Waals surface area contributed by atoms with Crippen LogP contribution >= 0.6 is 12.2 Å². The lowest BCUT2D eigenvalue weighted by atomic mass is 9.81. The Morgan fingerprint density at radius 2 is 2.04 bits per heavy atom. The second-order valence-electron chi connectivity index (χ2n) is 7.25. The van der Waals surface area contributed by atoms with Crippen molar-refractivity contribution in [1.29, 1.82) is 0 Å². The van der Waals surface area contributed by atoms with Crippen LogP contribution in [0.5, 0.6) is 0 Å². The van der Waals surface area contributed by atoms with E-state index < -0.39 is 0 Å². The van der Waals surface area contributed by atoms with Crippen LogP contribution in [-0.4, -0.2) is 35.7 Å². The summed E-state index contributed by atoms with van der Waals surface area (Å²) in [6.45, 7) is 1.93. The Labute approximate surface area is 163 Å². The number of ether oxygens (including phenoxy) is 1. The van der Waals surface area contributed by atoms with E-state index in [9.17, 15) is 9.59 Å². The Morgan fingerprint density at radius 3 is 2.78 bits per heavy atom. The van der Waals surface area contributed by atoms with E-state index in [-0.39, 0.29) is 17.4 Å². The number of rotatable bonds is 7. The van der Waals surface area contributed by atoms with E-state index in [0.29, 0.717) is 35.8 Å². The number of methoxy groups -OCH3 is 1. The molecule has 0 bridgehead atoms. The number of carbonyl (C=O) groups excluding carboxylic acids is 1. The zero-order valence-electron chi connectivity index (χ0n) is 15.7. The van der Waals surface area contributed by atoms with E-state index >= 15 is 0 Å². The molecule has 0 aliphatic heterocycles. The Kier molecular flexibility index (Phi) is 6.79. The molecule has 0 spiro atoms. The predicted molar refractivity (Wildman–Crippen MR) is 108 cm³/mol. The van der Waals surface area contributed by atoms with Gasteiger partial charge in [-0.2, -0.15) is 0 Å². The number of nitrogens with zero attached hydrogens (tertiary/aromatic N) is 1. The summed E-state index contributed by atoms with van der Waals surface area (Å²) in [4.78, 5) is 28.2. The van der Waals surface area contributed by atoms with Crippen LogP contribution in [0.2, 0.25) is 0 Å². The van der Waals surface area contributed by atoms with Crippen LogP contribution in [0.1, 0.15) is 32.1 Å². The number of aromatic amines is 1. The van der Waals surface area contributed by atoms with Gasteiger partial charge in [0.2, 0.25) is 5.91 Å². The van der Waals surface area contributed by atoms with E-state index in [1.165, 1.54) is 0 Å². The van der Waals surface area contributed by atoms with Crippen molar-refractivity contribution in [2.24, 2.45) is 11.8 Å². The second kappa shape index (κ2) is 9.28. The van der Waals surface area contributed by atoms with Gasteiger partial charge < -0.3 is 15.0 Å². The lowest BCUT2D eigenvalue weighted by Gasteiger charge is -2.28. The highest BCUT2D eigenvalue weighted by molar-refractivity contribution is 7.71. The summed E-state index contributed by atoms with van der Waals surface area (Å²) in [5, 5.41) is 3.66. The van der Waals surface area contributed by atoms with Crippen LogP contribution in [0.15, 0.2) is 29.1 Å². The summed E-state index contributed by atoms with van der Waals surface area (Å²) in [5.74, 6) is 0.591. The number of fused-ring (bicyclic) bond motifs is 1. The molecule has 0 atom stereocenters. The second-order valence-corrected chi connectivity index (χ2v) is 7.63. The number of aromatic nitrogens is 2. The summed E-state index contributed by atoms with van der Waals surface area (Å²) in [7, 11) is 1.66. The topological polar surface area (TPSA) is 76.1 Å². The van der Waals surface area contributed by atoms with Crippen molar-refractivity contribution in [1.82, 2.24) is 14.9 Å². The third kappa shape index (κ3) is 4.84. The summed E-state index contributed by atoms with van der Waals surface area (Å²) in [5.41, 5.74) is 0.741. The van der Waals surface area contributed by atoms with Crippen molar-refractivity contribution in [2.45, 2.75) is 38.6 Å². The average Bonchev–Trinajstić information content (AvgIpc) is 2.69. The highest BCUT2D eigenvalue weighted by atomic mass is 32.1. The van der Waals surface area contributed by atoms with Gasteiger partial charge >= 0.3 is 0 Å². The number of hydrogen-bond acceptors (Lipinski definition) is 4. The zero-order valence-corrected chi connectivity index (χ0v) is 16.5. The fourth-order valence-electron chi connectivity index (χ4n) is 3.80. The van der Waals surface area contributed by atoms with Crippen LogP contribution in [0.3, 0.4) is 0 Å². The molecular formula is C20H27N3O3S. The highest BCUT2D eigenvalue weighted by Crippen LogP contribution is 2.30. The van der Waals surface area contributed by atoms with Crippen LogP contribution in [-0.2, 0) is 16.1 Å². The number of H-pyrrole nitrogens is 1. The van der Waals surface area contributed by atoms with Gasteiger partial charge in [0.1, 0.15) is 0 Å². The molecule has 1 amide bonds. The Bertz CT molecular complexity index is 897. The molecule has 146 valence electrons. The molecule has 27 heavy (non-hydrogen) atoms. The molecule has 1 aromatic carbocycles. The Morgan fingerprint density at radius 1 is 1.30 bits per heavy atom. The molecular weight excluding hydrogens is 362 g/mol. The van der Waals surface area contributed by atoms with Gasteiger partial charge in [0.25, 0.3) is 5.56 Å². The maximum absolute atomic E-state index is 12.8. The van der Waals surface area contributed by atoms with Crippen molar-refractivity contribution >= 4 is 29.0 Å². The number of hydrogen-bond donors (Lipinski definition) is 2. The summed E-state index contributed by atoms with van der Waals surface area (Å²) in [6.07, 6.45) is 4.42. The normalized spacial score (nSPS) is 19.9. The molecule has 6 nitrogen and oxygen atoms in total. The summed E-state index contributed by atoms with van der Waals surface area (Å²) in [6, 6.07) is 7.44. The SMILES string of the molecule is COCCCNC(=O)C1CCC(Cn2c(=S)[nH]c3ccccc3c2=O)CC1. The van der Waals surface area contributed by atoms with Gasteiger partial charge in [0, 0.05) is 32.7 Å². The van der Waals surface area contributed by atoms with E-state index in [0.717, 1.165) is 37.6 Å². The first-order valence-corrected chi connectivity index (χ1v) is 9.99. The Hall–Kier alpha value is -1.99. The minimum atomic E-state index is -0.0349. The number of amides is 1. The molecule has 1 aliphatic rings. The fourth-order valence-corrected chi connectivity index (χ4v) is 4.07. The number of para-hydroxylation sites is 1. The lowest BCUT2D eigenvalue weighted by Crippen LogP contribution is -2.35. The van der Waals surface area contributed by atoms with Gasteiger partial charge in [-0.25, -0.2) is 0 Å². The third-order valence-electron chi connectivity index (χ3n) is 5.37. The van der Waals surface area contributed by atoms with Crippen molar-refractivity contribution in [2.75, 3.05) is 20.3 Å². The molecule has 2 N–H and O–H groups in total. The van der Waals surface area contributed by atoms with Crippen LogP contribution in [0, 0.1) is 16.6 Å². The van der Waals surface area contributed by atoms with E-state index in [1.54, 1.807) is 11.7 Å². The monoisotopic (exact) mass is 389 g/mol. The number of nitrogens with one attached hydrogen (secondary N) is 2. The van der Waals surface area contributed by atoms with Gasteiger partial charge in [-0.3, -0.25) is 14.2 Å². The van der Waals surface area contributed by atoms with Crippen LogP contribution in [0.25, 0.3) is 10.9 Å². The number of benzene rings is 1. The van der Waals surface area contributed by atoms with Crippen LogP contribution < -0.4 is 10.9 Å². The largest absolute Gasteiger partial charge is 0.385 e. The first kappa shape index (κ1) is 19.8. The number of carbonyl (C=O) groups is 1. The maximum Gasteiger partial charge on any atom is 0.262 e. The van der Waals surface area contributed by atoms with Crippen LogP contribution in [0.4, 0.5) is 0 Å². The molecule has 1 saturated carbocycles. The molecule has 3 rings (SSSR count). The fraction of sp³-hybridized carbons (Fsp3) is 0.550. The summed E-state index contributed by atoms with van der Waals surface area (Å²) >= 11 is 5.40. The van der Waals surface area contributed by atoms with Gasteiger partial charge in [0.15, 0.2) is 4.77 Å². The minimum Gasteiger partial charge on any atom is -0.385 e.